The van der Waals surface area contributed by atoms with Gasteiger partial charge in [-0.3, -0.25) is 4.79 Å². The third-order valence-corrected chi connectivity index (χ3v) is 2.11. The fraction of sp³-hybridized carbons (Fsp3) is 0.643. The molecule has 15 heavy (non-hydrogen) atoms. The van der Waals surface area contributed by atoms with E-state index in [1.165, 1.54) is 11.1 Å². The van der Waals surface area contributed by atoms with Crippen LogP contribution >= 0.6 is 0 Å². The molecule has 0 atom stereocenters. The van der Waals surface area contributed by atoms with Crippen molar-refractivity contribution in [2.45, 2.75) is 53.9 Å². The number of rotatable bonds is 6. The van der Waals surface area contributed by atoms with Crippen LogP contribution in [-0.4, -0.2) is 5.78 Å². The Bertz CT molecular complexity index is 253. The molecule has 0 aliphatic rings. The van der Waals surface area contributed by atoms with Crippen molar-refractivity contribution in [1.29, 1.82) is 0 Å². The molecule has 0 aromatic carbocycles. The average Bonchev–Trinajstić information content (AvgIpc) is 2.00. The Hall–Kier alpha value is -0.850. The van der Waals surface area contributed by atoms with Gasteiger partial charge in [-0.1, -0.05) is 31.1 Å². The minimum atomic E-state index is 0.264. The zero-order valence-electron chi connectivity index (χ0n) is 10.8. The predicted octanol–water partition coefficient (Wildman–Crippen LogP) is 4.29. The Kier molecular flexibility index (Phi) is 7.02. The third-order valence-electron chi connectivity index (χ3n) is 2.11. The zero-order chi connectivity index (χ0) is 11.8. The van der Waals surface area contributed by atoms with Crippen LogP contribution in [0.25, 0.3) is 0 Å². The molecule has 0 saturated heterocycles. The molecule has 0 N–H and O–H groups in total. The van der Waals surface area contributed by atoms with Crippen LogP contribution in [-0.2, 0) is 4.79 Å². The van der Waals surface area contributed by atoms with Crippen LogP contribution in [0.2, 0.25) is 0 Å². The van der Waals surface area contributed by atoms with Crippen LogP contribution in [0.4, 0.5) is 0 Å². The molecule has 1 nitrogen and oxygen atoms in total. The number of hydrogen-bond acceptors (Lipinski definition) is 1. The van der Waals surface area contributed by atoms with E-state index in [2.05, 4.69) is 33.8 Å². The van der Waals surface area contributed by atoms with E-state index >= 15 is 0 Å². The summed E-state index contributed by atoms with van der Waals surface area (Å²) in [4.78, 5) is 11.5. The maximum atomic E-state index is 11.5. The molecule has 0 heterocycles. The Morgan fingerprint density at radius 3 is 2.27 bits per heavy atom. The highest BCUT2D eigenvalue weighted by Gasteiger charge is 2.01. The molecule has 0 aromatic rings. The SMILES string of the molecule is CC(C)=CCC/C(C)=C/C(=O)CC(C)C. The molecule has 0 aromatic heterocycles. The number of allylic oxidation sites excluding steroid dienone is 4. The summed E-state index contributed by atoms with van der Waals surface area (Å²) in [5, 5.41) is 0. The number of carbonyl (C=O) groups excluding carboxylic acids is 1. The van der Waals surface area contributed by atoms with E-state index < -0.39 is 0 Å². The summed E-state index contributed by atoms with van der Waals surface area (Å²) in [6, 6.07) is 0. The molecule has 0 spiro atoms. The van der Waals surface area contributed by atoms with Crippen molar-refractivity contribution in [3.8, 4) is 0 Å². The standard InChI is InChI=1S/C14H24O/c1-11(2)7-6-8-13(5)10-14(15)9-12(3)4/h7,10,12H,6,8-9H2,1-5H3/b13-10+. The van der Waals surface area contributed by atoms with Crippen LogP contribution < -0.4 is 0 Å². The number of hydrogen-bond donors (Lipinski definition) is 0. The van der Waals surface area contributed by atoms with Crippen molar-refractivity contribution >= 4 is 5.78 Å². The van der Waals surface area contributed by atoms with Gasteiger partial charge < -0.3 is 0 Å². The number of ketones is 1. The maximum Gasteiger partial charge on any atom is 0.155 e. The van der Waals surface area contributed by atoms with Gasteiger partial charge >= 0.3 is 0 Å². The lowest BCUT2D eigenvalue weighted by Crippen LogP contribution is -1.99. The summed E-state index contributed by atoms with van der Waals surface area (Å²) in [5.41, 5.74) is 2.54. The van der Waals surface area contributed by atoms with Gasteiger partial charge in [0.15, 0.2) is 5.78 Å². The van der Waals surface area contributed by atoms with E-state index in [9.17, 15) is 4.79 Å². The highest BCUT2D eigenvalue weighted by molar-refractivity contribution is 5.90. The Morgan fingerprint density at radius 2 is 1.80 bits per heavy atom. The van der Waals surface area contributed by atoms with E-state index in [1.54, 1.807) is 6.08 Å². The molecule has 0 fully saturated rings. The van der Waals surface area contributed by atoms with Crippen molar-refractivity contribution < 1.29 is 4.79 Å². The van der Waals surface area contributed by atoms with Crippen molar-refractivity contribution in [2.75, 3.05) is 0 Å². The van der Waals surface area contributed by atoms with E-state index in [4.69, 9.17) is 0 Å². The molecule has 0 radical (unpaired) electrons. The van der Waals surface area contributed by atoms with Gasteiger partial charge in [0.25, 0.3) is 0 Å². The monoisotopic (exact) mass is 208 g/mol. The second-order valence-electron chi connectivity index (χ2n) is 4.88. The fourth-order valence-electron chi connectivity index (χ4n) is 1.40. The molecule has 0 saturated carbocycles. The van der Waals surface area contributed by atoms with Crippen LogP contribution in [0.3, 0.4) is 0 Å². The van der Waals surface area contributed by atoms with E-state index in [0.717, 1.165) is 12.8 Å². The largest absolute Gasteiger partial charge is 0.295 e. The Morgan fingerprint density at radius 1 is 1.20 bits per heavy atom. The molecule has 1 heteroatoms. The quantitative estimate of drug-likeness (QED) is 0.470. The first-order valence-corrected chi connectivity index (χ1v) is 5.75. The molecule has 0 rings (SSSR count). The zero-order valence-corrected chi connectivity index (χ0v) is 10.8. The first kappa shape index (κ1) is 14.2. The highest BCUT2D eigenvalue weighted by atomic mass is 16.1. The van der Waals surface area contributed by atoms with E-state index in [1.807, 2.05) is 6.92 Å². The van der Waals surface area contributed by atoms with Gasteiger partial charge in [-0.05, 0) is 45.6 Å². The maximum absolute atomic E-state index is 11.5. The van der Waals surface area contributed by atoms with Gasteiger partial charge in [0.05, 0.1) is 0 Å². The lowest BCUT2D eigenvalue weighted by molar-refractivity contribution is -0.115. The van der Waals surface area contributed by atoms with Gasteiger partial charge in [0.1, 0.15) is 0 Å². The fourth-order valence-corrected chi connectivity index (χ4v) is 1.40. The Labute approximate surface area is 94.3 Å². The van der Waals surface area contributed by atoms with Gasteiger partial charge in [-0.25, -0.2) is 0 Å². The lowest BCUT2D eigenvalue weighted by atomic mass is 10.0. The van der Waals surface area contributed by atoms with Crippen molar-refractivity contribution in [3.05, 3.63) is 23.3 Å². The molecule has 0 aliphatic carbocycles. The van der Waals surface area contributed by atoms with Gasteiger partial charge in [-0.15, -0.1) is 0 Å². The van der Waals surface area contributed by atoms with Crippen LogP contribution in [0.5, 0.6) is 0 Å². The molecule has 0 unspecified atom stereocenters. The molecule has 0 amide bonds. The van der Waals surface area contributed by atoms with E-state index in [0.29, 0.717) is 12.3 Å². The average molecular weight is 208 g/mol. The highest BCUT2D eigenvalue weighted by Crippen LogP contribution is 2.09. The first-order chi connectivity index (χ1) is 6.91. The lowest BCUT2D eigenvalue weighted by Gasteiger charge is -2.01. The first-order valence-electron chi connectivity index (χ1n) is 5.75. The van der Waals surface area contributed by atoms with Crippen molar-refractivity contribution in [2.24, 2.45) is 5.92 Å². The summed E-state index contributed by atoms with van der Waals surface area (Å²) in [5.74, 6) is 0.721. The molecular weight excluding hydrogens is 184 g/mol. The third kappa shape index (κ3) is 9.45. The van der Waals surface area contributed by atoms with E-state index in [-0.39, 0.29) is 5.78 Å². The van der Waals surface area contributed by atoms with Crippen molar-refractivity contribution in [1.82, 2.24) is 0 Å². The topological polar surface area (TPSA) is 17.1 Å². The second-order valence-corrected chi connectivity index (χ2v) is 4.88. The number of carbonyl (C=O) groups is 1. The Balaban J connectivity index is 3.98. The van der Waals surface area contributed by atoms with Crippen LogP contribution in [0, 0.1) is 5.92 Å². The normalized spacial score (nSPS) is 11.7. The van der Waals surface area contributed by atoms with Crippen LogP contribution in [0.1, 0.15) is 53.9 Å². The summed E-state index contributed by atoms with van der Waals surface area (Å²) in [6.07, 6.45) is 6.72. The van der Waals surface area contributed by atoms with Gasteiger partial charge in [0.2, 0.25) is 0 Å². The minimum Gasteiger partial charge on any atom is -0.295 e. The molecular formula is C14H24O. The summed E-state index contributed by atoms with van der Waals surface area (Å²) in [7, 11) is 0. The summed E-state index contributed by atoms with van der Waals surface area (Å²) in [6.45, 7) is 10.4. The summed E-state index contributed by atoms with van der Waals surface area (Å²) < 4.78 is 0. The minimum absolute atomic E-state index is 0.264. The van der Waals surface area contributed by atoms with Gasteiger partial charge in [-0.2, -0.15) is 0 Å². The smallest absolute Gasteiger partial charge is 0.155 e. The molecule has 0 aliphatic heterocycles. The van der Waals surface area contributed by atoms with Gasteiger partial charge in [0, 0.05) is 6.42 Å². The molecule has 0 bridgehead atoms. The second kappa shape index (κ2) is 7.44. The van der Waals surface area contributed by atoms with Crippen LogP contribution in [0.15, 0.2) is 23.3 Å². The summed E-state index contributed by atoms with van der Waals surface area (Å²) >= 11 is 0. The van der Waals surface area contributed by atoms with Crippen molar-refractivity contribution in [3.63, 3.8) is 0 Å². The molecule has 86 valence electrons. The predicted molar refractivity (Wildman–Crippen MR) is 66.9 cm³/mol.